The minimum atomic E-state index is -4.31. The molecule has 0 saturated heterocycles. The van der Waals surface area contributed by atoms with Gasteiger partial charge in [-0.25, -0.2) is 0 Å². The molecule has 31 heavy (non-hydrogen) atoms. The first-order chi connectivity index (χ1) is 14.5. The standard InChI is InChI=1S/C21H25F3N6.HI/c1-2-25-20(27-14-12-16-8-10-17(11-9-16)21(22,23)24)26-13-5-7-19-29-28-18-6-3-4-15-30(18)19;/h3-4,6,8-11,15H,2,5,7,12-14H2,1H3,(H2,25,26,27);1H. The first kappa shape index (κ1) is 24.9. The average Bonchev–Trinajstić information content (AvgIpc) is 3.14. The van der Waals surface area contributed by atoms with E-state index in [1.807, 2.05) is 35.7 Å². The molecule has 1 aromatic carbocycles. The summed E-state index contributed by atoms with van der Waals surface area (Å²) in [6.07, 6.45) is -0.166. The molecule has 0 aliphatic carbocycles. The molecule has 0 amide bonds. The molecule has 0 unspecified atom stereocenters. The molecule has 0 radical (unpaired) electrons. The van der Waals surface area contributed by atoms with Crippen LogP contribution in [0.2, 0.25) is 0 Å². The highest BCUT2D eigenvalue weighted by atomic mass is 127. The summed E-state index contributed by atoms with van der Waals surface area (Å²) < 4.78 is 39.9. The van der Waals surface area contributed by atoms with Gasteiger partial charge >= 0.3 is 6.18 Å². The molecule has 168 valence electrons. The van der Waals surface area contributed by atoms with Crippen LogP contribution in [-0.2, 0) is 19.0 Å². The highest BCUT2D eigenvalue weighted by molar-refractivity contribution is 14.0. The van der Waals surface area contributed by atoms with E-state index in [2.05, 4.69) is 25.8 Å². The third-order valence-corrected chi connectivity index (χ3v) is 4.54. The van der Waals surface area contributed by atoms with Crippen LogP contribution in [0.15, 0.2) is 53.7 Å². The first-order valence-electron chi connectivity index (χ1n) is 9.94. The van der Waals surface area contributed by atoms with Crippen LogP contribution in [-0.4, -0.2) is 40.2 Å². The van der Waals surface area contributed by atoms with Crippen molar-refractivity contribution in [1.29, 1.82) is 0 Å². The van der Waals surface area contributed by atoms with E-state index in [1.54, 1.807) is 0 Å². The lowest BCUT2D eigenvalue weighted by Gasteiger charge is -2.12. The largest absolute Gasteiger partial charge is 0.416 e. The summed E-state index contributed by atoms with van der Waals surface area (Å²) in [5.41, 5.74) is 1.04. The summed E-state index contributed by atoms with van der Waals surface area (Å²) in [7, 11) is 0. The van der Waals surface area contributed by atoms with Crippen molar-refractivity contribution in [3.05, 3.63) is 65.6 Å². The van der Waals surface area contributed by atoms with Crippen LogP contribution in [0.25, 0.3) is 5.65 Å². The second-order valence-corrected chi connectivity index (χ2v) is 6.78. The van der Waals surface area contributed by atoms with E-state index in [4.69, 9.17) is 0 Å². The van der Waals surface area contributed by atoms with E-state index in [-0.39, 0.29) is 24.0 Å². The van der Waals surface area contributed by atoms with Crippen molar-refractivity contribution < 1.29 is 13.2 Å². The smallest absolute Gasteiger partial charge is 0.357 e. The molecule has 0 bridgehead atoms. The maximum absolute atomic E-state index is 12.6. The van der Waals surface area contributed by atoms with Crippen LogP contribution < -0.4 is 10.6 Å². The zero-order valence-corrected chi connectivity index (χ0v) is 19.5. The fourth-order valence-corrected chi connectivity index (χ4v) is 3.02. The van der Waals surface area contributed by atoms with Crippen LogP contribution in [0, 0.1) is 0 Å². The summed E-state index contributed by atoms with van der Waals surface area (Å²) in [6, 6.07) is 11.0. The van der Waals surface area contributed by atoms with Crippen LogP contribution in [0.5, 0.6) is 0 Å². The maximum Gasteiger partial charge on any atom is 0.416 e. The molecular weight excluding hydrogens is 520 g/mol. The van der Waals surface area contributed by atoms with Gasteiger partial charge in [0.1, 0.15) is 5.82 Å². The number of aliphatic imine (C=N–C) groups is 1. The number of hydrogen-bond acceptors (Lipinski definition) is 3. The highest BCUT2D eigenvalue weighted by Crippen LogP contribution is 2.29. The van der Waals surface area contributed by atoms with E-state index in [0.717, 1.165) is 48.6 Å². The number of alkyl halides is 3. The number of halogens is 4. The number of pyridine rings is 1. The molecule has 3 rings (SSSR count). The van der Waals surface area contributed by atoms with Crippen molar-refractivity contribution in [2.24, 2.45) is 4.99 Å². The van der Waals surface area contributed by atoms with E-state index in [0.29, 0.717) is 25.5 Å². The van der Waals surface area contributed by atoms with Crippen molar-refractivity contribution in [1.82, 2.24) is 25.2 Å². The predicted octanol–water partition coefficient (Wildman–Crippen LogP) is 4.10. The first-order valence-corrected chi connectivity index (χ1v) is 9.94. The van der Waals surface area contributed by atoms with E-state index < -0.39 is 11.7 Å². The number of aromatic nitrogens is 3. The van der Waals surface area contributed by atoms with Crippen LogP contribution in [0.4, 0.5) is 13.2 Å². The Morgan fingerprint density at radius 1 is 1.03 bits per heavy atom. The van der Waals surface area contributed by atoms with Gasteiger partial charge in [-0.15, -0.1) is 34.2 Å². The lowest BCUT2D eigenvalue weighted by Crippen LogP contribution is -2.38. The van der Waals surface area contributed by atoms with Gasteiger partial charge in [-0.1, -0.05) is 18.2 Å². The molecule has 2 heterocycles. The summed E-state index contributed by atoms with van der Waals surface area (Å²) in [4.78, 5) is 4.56. The minimum absolute atomic E-state index is 0. The Morgan fingerprint density at radius 2 is 1.81 bits per heavy atom. The van der Waals surface area contributed by atoms with Gasteiger partial charge in [0, 0.05) is 32.3 Å². The van der Waals surface area contributed by atoms with Crippen molar-refractivity contribution in [3.8, 4) is 0 Å². The van der Waals surface area contributed by atoms with Gasteiger partial charge in [-0.05, 0) is 49.6 Å². The third kappa shape index (κ3) is 7.37. The van der Waals surface area contributed by atoms with E-state index in [9.17, 15) is 13.2 Å². The Kier molecular flexibility index (Phi) is 9.53. The molecule has 3 aromatic rings. The van der Waals surface area contributed by atoms with Gasteiger partial charge in [0.15, 0.2) is 11.6 Å². The average molecular weight is 546 g/mol. The number of guanidine groups is 1. The number of fused-ring (bicyclic) bond motifs is 1. The Balaban J connectivity index is 0.00000341. The van der Waals surface area contributed by atoms with Gasteiger partial charge in [0.2, 0.25) is 0 Å². The van der Waals surface area contributed by atoms with Crippen molar-refractivity contribution in [3.63, 3.8) is 0 Å². The lowest BCUT2D eigenvalue weighted by atomic mass is 10.1. The molecular formula is C21H26F3IN6. The quantitative estimate of drug-likeness (QED) is 0.193. The lowest BCUT2D eigenvalue weighted by molar-refractivity contribution is -0.137. The summed E-state index contributed by atoms with van der Waals surface area (Å²) >= 11 is 0. The zero-order chi connectivity index (χ0) is 21.4. The molecule has 0 aliphatic rings. The van der Waals surface area contributed by atoms with E-state index >= 15 is 0 Å². The number of nitrogens with zero attached hydrogens (tertiary/aromatic N) is 4. The topological polar surface area (TPSA) is 66.6 Å². The van der Waals surface area contributed by atoms with Crippen molar-refractivity contribution in [2.75, 3.05) is 19.6 Å². The van der Waals surface area contributed by atoms with E-state index in [1.165, 1.54) is 12.1 Å². The van der Waals surface area contributed by atoms with Crippen molar-refractivity contribution in [2.45, 2.75) is 32.4 Å². The van der Waals surface area contributed by atoms with Gasteiger partial charge in [0.25, 0.3) is 0 Å². The fourth-order valence-electron chi connectivity index (χ4n) is 3.02. The Bertz CT molecular complexity index is 969. The fraction of sp³-hybridized carbons (Fsp3) is 0.381. The number of nitrogens with one attached hydrogen (secondary N) is 2. The molecule has 0 fully saturated rings. The summed E-state index contributed by atoms with van der Waals surface area (Å²) in [5.74, 6) is 1.59. The molecule has 0 saturated carbocycles. The minimum Gasteiger partial charge on any atom is -0.357 e. The third-order valence-electron chi connectivity index (χ3n) is 4.54. The SMILES string of the molecule is CCNC(=NCCCc1nnc2ccccn12)NCCc1ccc(C(F)(F)F)cc1.I. The molecule has 0 aliphatic heterocycles. The number of hydrogen-bond donors (Lipinski definition) is 2. The predicted molar refractivity (Wildman–Crippen MR) is 126 cm³/mol. The van der Waals surface area contributed by atoms with Gasteiger partial charge in [-0.2, -0.15) is 13.2 Å². The molecule has 6 nitrogen and oxygen atoms in total. The van der Waals surface area contributed by atoms with Gasteiger partial charge in [-0.3, -0.25) is 9.39 Å². The number of benzene rings is 1. The maximum atomic E-state index is 12.6. The van der Waals surface area contributed by atoms with Crippen LogP contribution in [0.1, 0.15) is 30.3 Å². The molecule has 2 aromatic heterocycles. The van der Waals surface area contributed by atoms with Gasteiger partial charge < -0.3 is 10.6 Å². The van der Waals surface area contributed by atoms with Gasteiger partial charge in [0.05, 0.1) is 5.56 Å². The highest BCUT2D eigenvalue weighted by Gasteiger charge is 2.29. The number of aryl methyl sites for hydroxylation is 1. The molecule has 0 spiro atoms. The molecule has 0 atom stereocenters. The Labute approximate surface area is 196 Å². The van der Waals surface area contributed by atoms with Crippen molar-refractivity contribution >= 4 is 35.6 Å². The second-order valence-electron chi connectivity index (χ2n) is 6.78. The zero-order valence-electron chi connectivity index (χ0n) is 17.2. The normalized spacial score (nSPS) is 11.9. The summed E-state index contributed by atoms with van der Waals surface area (Å²) in [5, 5.41) is 14.8. The monoisotopic (exact) mass is 546 g/mol. The van der Waals surface area contributed by atoms with Crippen LogP contribution >= 0.6 is 24.0 Å². The Hall–Kier alpha value is -2.37. The number of rotatable bonds is 8. The molecule has 2 N–H and O–H groups in total. The Morgan fingerprint density at radius 3 is 2.52 bits per heavy atom. The molecule has 10 heteroatoms. The van der Waals surface area contributed by atoms with Crippen LogP contribution in [0.3, 0.4) is 0 Å². The summed E-state index contributed by atoms with van der Waals surface area (Å²) in [6.45, 7) is 3.90. The second kappa shape index (κ2) is 11.9.